The highest BCUT2D eigenvalue weighted by Crippen LogP contribution is 2.45. The predicted molar refractivity (Wildman–Crippen MR) is 76.0 cm³/mol. The lowest BCUT2D eigenvalue weighted by Crippen LogP contribution is -2.46. The molecule has 1 aliphatic rings. The van der Waals surface area contributed by atoms with E-state index in [1.807, 2.05) is 18.2 Å². The minimum absolute atomic E-state index is 0.317. The molecule has 100 valence electrons. The minimum atomic E-state index is -0.317. The zero-order chi connectivity index (χ0) is 13.3. The van der Waals surface area contributed by atoms with Gasteiger partial charge in [-0.2, -0.15) is 0 Å². The second-order valence-electron chi connectivity index (χ2n) is 5.67. The fourth-order valence-electron chi connectivity index (χ4n) is 3.11. The lowest BCUT2D eigenvalue weighted by Gasteiger charge is -2.43. The number of methoxy groups -OCH3 is 1. The van der Waals surface area contributed by atoms with Crippen molar-refractivity contribution in [1.82, 2.24) is 0 Å². The summed E-state index contributed by atoms with van der Waals surface area (Å²) >= 11 is 6.12. The van der Waals surface area contributed by atoms with E-state index in [0.717, 1.165) is 41.5 Å². The Kier molecular flexibility index (Phi) is 3.88. The van der Waals surface area contributed by atoms with Crippen molar-refractivity contribution in [3.05, 3.63) is 28.8 Å². The zero-order valence-corrected chi connectivity index (χ0v) is 12.1. The van der Waals surface area contributed by atoms with Crippen LogP contribution in [0.25, 0.3) is 0 Å². The molecule has 2 N–H and O–H groups in total. The number of rotatable bonds is 2. The molecule has 0 spiro atoms. The summed E-state index contributed by atoms with van der Waals surface area (Å²) in [5, 5.41) is 0.724. The third kappa shape index (κ3) is 2.36. The highest BCUT2D eigenvalue weighted by atomic mass is 35.5. The fraction of sp³-hybridized carbons (Fsp3) is 0.600. The van der Waals surface area contributed by atoms with Crippen LogP contribution in [0.2, 0.25) is 5.02 Å². The van der Waals surface area contributed by atoms with Gasteiger partial charge in [0.05, 0.1) is 7.11 Å². The molecule has 1 aromatic carbocycles. The molecule has 2 nitrogen and oxygen atoms in total. The normalized spacial score (nSPS) is 32.3. The van der Waals surface area contributed by atoms with Crippen LogP contribution in [0.4, 0.5) is 0 Å². The Morgan fingerprint density at radius 1 is 1.39 bits per heavy atom. The van der Waals surface area contributed by atoms with E-state index in [2.05, 4.69) is 13.8 Å². The van der Waals surface area contributed by atoms with Gasteiger partial charge in [0.1, 0.15) is 5.75 Å². The largest absolute Gasteiger partial charge is 0.496 e. The van der Waals surface area contributed by atoms with Crippen molar-refractivity contribution < 1.29 is 4.74 Å². The van der Waals surface area contributed by atoms with E-state index in [1.165, 1.54) is 0 Å². The average molecular weight is 268 g/mol. The number of hydrogen-bond donors (Lipinski definition) is 1. The molecule has 0 heterocycles. The third-order valence-corrected chi connectivity index (χ3v) is 4.58. The molecule has 0 aliphatic heterocycles. The first kappa shape index (κ1) is 13.7. The van der Waals surface area contributed by atoms with Crippen LogP contribution in [0, 0.1) is 11.8 Å². The summed E-state index contributed by atoms with van der Waals surface area (Å²) in [5.74, 6) is 2.04. The van der Waals surface area contributed by atoms with Crippen molar-refractivity contribution in [2.24, 2.45) is 17.6 Å². The smallest absolute Gasteiger partial charge is 0.124 e. The van der Waals surface area contributed by atoms with Crippen LogP contribution >= 0.6 is 11.6 Å². The molecule has 0 bridgehead atoms. The van der Waals surface area contributed by atoms with Crippen LogP contribution in [-0.4, -0.2) is 7.11 Å². The van der Waals surface area contributed by atoms with Gasteiger partial charge < -0.3 is 10.5 Å². The van der Waals surface area contributed by atoms with Gasteiger partial charge in [-0.3, -0.25) is 0 Å². The number of benzene rings is 1. The van der Waals surface area contributed by atoms with Gasteiger partial charge in [-0.25, -0.2) is 0 Å². The number of hydrogen-bond acceptors (Lipinski definition) is 2. The summed E-state index contributed by atoms with van der Waals surface area (Å²) in [6.07, 6.45) is 3.31. The minimum Gasteiger partial charge on any atom is -0.496 e. The van der Waals surface area contributed by atoms with Gasteiger partial charge >= 0.3 is 0 Å². The molecular weight excluding hydrogens is 246 g/mol. The molecule has 3 atom stereocenters. The van der Waals surface area contributed by atoms with Gasteiger partial charge in [0.15, 0.2) is 0 Å². The summed E-state index contributed by atoms with van der Waals surface area (Å²) < 4.78 is 5.46. The van der Waals surface area contributed by atoms with E-state index in [4.69, 9.17) is 22.1 Å². The molecule has 3 unspecified atom stereocenters. The van der Waals surface area contributed by atoms with Gasteiger partial charge in [0, 0.05) is 16.1 Å². The predicted octanol–water partition coefficient (Wildman–Crippen LogP) is 3.96. The quantitative estimate of drug-likeness (QED) is 0.880. The molecule has 1 saturated carbocycles. The molecule has 3 heteroatoms. The number of nitrogens with two attached hydrogens (primary N) is 1. The molecular formula is C15H22ClNO. The van der Waals surface area contributed by atoms with Crippen molar-refractivity contribution in [3.8, 4) is 5.75 Å². The second-order valence-corrected chi connectivity index (χ2v) is 6.10. The number of halogens is 1. The van der Waals surface area contributed by atoms with Crippen LogP contribution < -0.4 is 10.5 Å². The van der Waals surface area contributed by atoms with Crippen LogP contribution in [0.1, 0.15) is 38.7 Å². The van der Waals surface area contributed by atoms with Crippen molar-refractivity contribution in [2.45, 2.75) is 38.6 Å². The van der Waals surface area contributed by atoms with E-state index < -0.39 is 0 Å². The maximum absolute atomic E-state index is 6.69. The second kappa shape index (κ2) is 5.10. The van der Waals surface area contributed by atoms with Gasteiger partial charge in [-0.1, -0.05) is 25.4 Å². The molecule has 18 heavy (non-hydrogen) atoms. The lowest BCUT2D eigenvalue weighted by molar-refractivity contribution is 0.161. The highest BCUT2D eigenvalue weighted by molar-refractivity contribution is 6.30. The zero-order valence-electron chi connectivity index (χ0n) is 11.4. The summed E-state index contributed by atoms with van der Waals surface area (Å²) in [4.78, 5) is 0. The maximum atomic E-state index is 6.69. The van der Waals surface area contributed by atoms with Crippen molar-refractivity contribution in [1.29, 1.82) is 0 Å². The molecule has 2 rings (SSSR count). The van der Waals surface area contributed by atoms with Crippen molar-refractivity contribution in [3.63, 3.8) is 0 Å². The maximum Gasteiger partial charge on any atom is 0.124 e. The SMILES string of the molecule is COc1ccc(Cl)cc1C1(N)CCC(C)CC1C. The van der Waals surface area contributed by atoms with Gasteiger partial charge in [-0.05, 0) is 49.3 Å². The average Bonchev–Trinajstić information content (AvgIpc) is 2.34. The first-order valence-electron chi connectivity index (χ1n) is 6.60. The van der Waals surface area contributed by atoms with Crippen LogP contribution in [0.5, 0.6) is 5.75 Å². The first-order chi connectivity index (χ1) is 8.47. The Hall–Kier alpha value is -0.730. The standard InChI is InChI=1S/C15H22ClNO/c1-10-6-7-15(17,11(2)8-10)13-9-12(16)4-5-14(13)18-3/h4-5,9-11H,6-8,17H2,1-3H3. The summed E-state index contributed by atoms with van der Waals surface area (Å²) in [7, 11) is 1.69. The molecule has 0 saturated heterocycles. The molecule has 0 radical (unpaired) electrons. The van der Waals surface area contributed by atoms with Gasteiger partial charge in [-0.15, -0.1) is 0 Å². The molecule has 0 amide bonds. The lowest BCUT2D eigenvalue weighted by atomic mass is 9.67. The molecule has 1 fully saturated rings. The molecule has 1 aliphatic carbocycles. The Morgan fingerprint density at radius 2 is 2.11 bits per heavy atom. The van der Waals surface area contributed by atoms with E-state index in [9.17, 15) is 0 Å². The molecule has 1 aromatic rings. The Bertz CT molecular complexity index is 435. The Morgan fingerprint density at radius 3 is 2.72 bits per heavy atom. The van der Waals surface area contributed by atoms with Crippen molar-refractivity contribution in [2.75, 3.05) is 7.11 Å². The topological polar surface area (TPSA) is 35.2 Å². The molecule has 0 aromatic heterocycles. The van der Waals surface area contributed by atoms with Gasteiger partial charge in [0.25, 0.3) is 0 Å². The van der Waals surface area contributed by atoms with Crippen LogP contribution in [-0.2, 0) is 5.54 Å². The summed E-state index contributed by atoms with van der Waals surface area (Å²) in [5.41, 5.74) is 7.43. The van der Waals surface area contributed by atoms with Crippen LogP contribution in [0.15, 0.2) is 18.2 Å². The Labute approximate surface area is 114 Å². The van der Waals surface area contributed by atoms with E-state index in [0.29, 0.717) is 5.92 Å². The summed E-state index contributed by atoms with van der Waals surface area (Å²) in [6, 6.07) is 5.73. The monoisotopic (exact) mass is 267 g/mol. The van der Waals surface area contributed by atoms with E-state index in [-0.39, 0.29) is 5.54 Å². The van der Waals surface area contributed by atoms with Crippen LogP contribution in [0.3, 0.4) is 0 Å². The van der Waals surface area contributed by atoms with E-state index >= 15 is 0 Å². The first-order valence-corrected chi connectivity index (χ1v) is 6.98. The Balaban J connectivity index is 2.43. The highest BCUT2D eigenvalue weighted by Gasteiger charge is 2.40. The van der Waals surface area contributed by atoms with Crippen molar-refractivity contribution >= 4 is 11.6 Å². The third-order valence-electron chi connectivity index (χ3n) is 4.35. The van der Waals surface area contributed by atoms with E-state index in [1.54, 1.807) is 7.11 Å². The van der Waals surface area contributed by atoms with Gasteiger partial charge in [0.2, 0.25) is 0 Å². The number of ether oxygens (including phenoxy) is 1. The summed E-state index contributed by atoms with van der Waals surface area (Å²) in [6.45, 7) is 4.53. The fourth-order valence-corrected chi connectivity index (χ4v) is 3.28.